The number of β-amino-alcohol motifs (C(OH)–C–C–N with tert-alkyl or cyclic N) is 2. The molecule has 7 rings (SSSR count). The second-order valence-corrected chi connectivity index (χ2v) is 15.9. The van der Waals surface area contributed by atoms with E-state index in [4.69, 9.17) is 9.47 Å². The summed E-state index contributed by atoms with van der Waals surface area (Å²) in [6, 6.07) is 0. The lowest BCUT2D eigenvalue weighted by Crippen LogP contribution is -2.68. The first-order valence-electron chi connectivity index (χ1n) is 16.8. The Labute approximate surface area is 260 Å². The summed E-state index contributed by atoms with van der Waals surface area (Å²) in [7, 11) is 0. The van der Waals surface area contributed by atoms with Crippen molar-refractivity contribution >= 4 is 11.9 Å². The molecule has 0 radical (unpaired) electrons. The Morgan fingerprint density at radius 2 is 1.00 bits per heavy atom. The first kappa shape index (κ1) is 30.8. The van der Waals surface area contributed by atoms with Gasteiger partial charge in [0.25, 0.3) is 0 Å². The molecule has 7 aliphatic rings. The van der Waals surface area contributed by atoms with Crippen molar-refractivity contribution in [3.63, 3.8) is 0 Å². The van der Waals surface area contributed by atoms with E-state index in [2.05, 4.69) is 27.7 Å². The number of allylic oxidation sites excluding steroid dienone is 2. The zero-order valence-corrected chi connectivity index (χ0v) is 26.8. The number of fused-ring (bicyclic) bond motifs is 6. The van der Waals surface area contributed by atoms with E-state index >= 15 is 0 Å². The normalized spacial score (nSPS) is 48.0. The molecule has 44 heavy (non-hydrogen) atoms. The van der Waals surface area contributed by atoms with Crippen LogP contribution in [0.25, 0.3) is 0 Å². The molecule has 3 heterocycles. The van der Waals surface area contributed by atoms with E-state index in [-0.39, 0.29) is 36.8 Å². The van der Waals surface area contributed by atoms with Gasteiger partial charge in [-0.2, -0.15) is 0 Å². The minimum absolute atomic E-state index is 0.0555. The van der Waals surface area contributed by atoms with Gasteiger partial charge in [0.2, 0.25) is 11.2 Å². The van der Waals surface area contributed by atoms with E-state index in [0.717, 1.165) is 60.8 Å². The molecule has 10 nitrogen and oxygen atoms in total. The second-order valence-electron chi connectivity index (χ2n) is 15.9. The van der Waals surface area contributed by atoms with Gasteiger partial charge >= 0.3 is 11.9 Å². The largest absolute Gasteiger partial charge is 0.452 e. The molecule has 2 saturated carbocycles. The summed E-state index contributed by atoms with van der Waals surface area (Å²) in [5, 5.41) is 47.7. The molecule has 0 aromatic heterocycles. The first-order chi connectivity index (χ1) is 20.6. The third-order valence-electron chi connectivity index (χ3n) is 13.2. The molecular weight excluding hydrogens is 564 g/mol. The highest BCUT2D eigenvalue weighted by atomic mass is 16.6. The van der Waals surface area contributed by atoms with Crippen LogP contribution >= 0.6 is 0 Å². The Balaban J connectivity index is 1.05. The minimum atomic E-state index is -2.05. The number of nitrogens with zero attached hydrogens (tertiary/aromatic N) is 2. The van der Waals surface area contributed by atoms with Crippen LogP contribution in [0, 0.1) is 10.8 Å². The zero-order chi connectivity index (χ0) is 31.5. The van der Waals surface area contributed by atoms with Crippen molar-refractivity contribution in [2.45, 2.75) is 127 Å². The van der Waals surface area contributed by atoms with Crippen LogP contribution in [0.1, 0.15) is 91.9 Å². The fourth-order valence-electron chi connectivity index (χ4n) is 10.4. The standard InChI is InChI=1S/C34H50N2O8/c1-21-7-5-9-29(3)11-13-31(39)25(23(21)29)43-27(37)33(31,41)19-35-15-17-36(18-16-35)20-34(42)28(38)44-26-24-22(2)8-6-10-30(24,4)12-14-32(26,34)40/h25-26,39-42H,5-20H2,1-4H3/t25-,26-,29+,30+,31?,32?,33?,34?/m0/s1. The highest BCUT2D eigenvalue weighted by molar-refractivity contribution is 5.86. The van der Waals surface area contributed by atoms with Crippen LogP contribution in [0.5, 0.6) is 0 Å². The van der Waals surface area contributed by atoms with E-state index in [1.54, 1.807) is 0 Å². The lowest BCUT2D eigenvalue weighted by molar-refractivity contribution is -0.179. The molecule has 244 valence electrons. The van der Waals surface area contributed by atoms with Crippen molar-refractivity contribution in [1.82, 2.24) is 9.80 Å². The van der Waals surface area contributed by atoms with Crippen molar-refractivity contribution in [3.05, 3.63) is 22.3 Å². The van der Waals surface area contributed by atoms with Gasteiger partial charge in [-0.05, 0) is 100 Å². The number of piperazine rings is 1. The van der Waals surface area contributed by atoms with Crippen LogP contribution in [0.15, 0.2) is 22.3 Å². The van der Waals surface area contributed by atoms with E-state index < -0.39 is 46.6 Å². The molecule has 10 heteroatoms. The molecule has 8 atom stereocenters. The molecule has 0 aromatic carbocycles. The average molecular weight is 615 g/mol. The minimum Gasteiger partial charge on any atom is -0.452 e. The lowest BCUT2D eigenvalue weighted by atomic mass is 9.57. The van der Waals surface area contributed by atoms with Gasteiger partial charge in [-0.3, -0.25) is 9.80 Å². The van der Waals surface area contributed by atoms with Crippen LogP contribution in [-0.4, -0.2) is 116 Å². The Morgan fingerprint density at radius 3 is 1.36 bits per heavy atom. The SMILES string of the molecule is CC1=C2[C@@H]3OC(=O)C(O)(CN4CCN(CC5(O)C(=O)O[C@H]6C7=C(C)CCC[C@]7(C)CCC65O)CC4)C3(O)CC[C@@]2(C)CCC1. The monoisotopic (exact) mass is 614 g/mol. The van der Waals surface area contributed by atoms with Gasteiger partial charge in [0, 0.05) is 39.3 Å². The molecule has 4 aliphatic carbocycles. The quantitative estimate of drug-likeness (QED) is 0.275. The van der Waals surface area contributed by atoms with Crippen molar-refractivity contribution in [3.8, 4) is 0 Å². The fourth-order valence-corrected chi connectivity index (χ4v) is 10.4. The van der Waals surface area contributed by atoms with Gasteiger partial charge < -0.3 is 29.9 Å². The Kier molecular flexibility index (Phi) is 6.89. The maximum atomic E-state index is 13.3. The maximum Gasteiger partial charge on any atom is 0.343 e. The summed E-state index contributed by atoms with van der Waals surface area (Å²) in [6.45, 7) is 10.2. The number of rotatable bonds is 4. The maximum absolute atomic E-state index is 13.3. The lowest BCUT2D eigenvalue weighted by Gasteiger charge is -2.52. The van der Waals surface area contributed by atoms with Crippen molar-refractivity contribution in [2.24, 2.45) is 10.8 Å². The summed E-state index contributed by atoms with van der Waals surface area (Å²) >= 11 is 0. The summed E-state index contributed by atoms with van der Waals surface area (Å²) in [4.78, 5) is 30.5. The second kappa shape index (κ2) is 9.84. The van der Waals surface area contributed by atoms with E-state index in [1.165, 1.54) is 0 Å². The molecule has 3 aliphatic heterocycles. The molecule has 0 amide bonds. The van der Waals surface area contributed by atoms with E-state index in [1.807, 2.05) is 9.80 Å². The summed E-state index contributed by atoms with van der Waals surface area (Å²) < 4.78 is 11.7. The van der Waals surface area contributed by atoms with Crippen LogP contribution in [0.4, 0.5) is 0 Å². The summed E-state index contributed by atoms with van der Waals surface area (Å²) in [6.07, 6.45) is 6.20. The van der Waals surface area contributed by atoms with Gasteiger partial charge in [-0.15, -0.1) is 0 Å². The molecule has 0 aromatic rings. The van der Waals surface area contributed by atoms with Gasteiger partial charge in [-0.25, -0.2) is 9.59 Å². The molecule has 0 spiro atoms. The Hall–Kier alpha value is -1.82. The van der Waals surface area contributed by atoms with Crippen LogP contribution in [0.2, 0.25) is 0 Å². The fraction of sp³-hybridized carbons (Fsp3) is 0.824. The molecule has 4 unspecified atom stereocenters. The number of carbonyl (C=O) groups is 2. The van der Waals surface area contributed by atoms with Crippen LogP contribution < -0.4 is 0 Å². The topological polar surface area (TPSA) is 140 Å². The smallest absolute Gasteiger partial charge is 0.343 e. The van der Waals surface area contributed by atoms with E-state index in [9.17, 15) is 30.0 Å². The number of hydrogen-bond acceptors (Lipinski definition) is 10. The average Bonchev–Trinajstić information content (AvgIpc) is 3.28. The predicted molar refractivity (Wildman–Crippen MR) is 160 cm³/mol. The van der Waals surface area contributed by atoms with Crippen molar-refractivity contribution < 1.29 is 39.5 Å². The number of esters is 2. The van der Waals surface area contributed by atoms with Crippen molar-refractivity contribution in [1.29, 1.82) is 0 Å². The molecule has 3 saturated heterocycles. The highest BCUT2D eigenvalue weighted by Gasteiger charge is 2.73. The van der Waals surface area contributed by atoms with Gasteiger partial charge in [0.1, 0.15) is 11.2 Å². The molecule has 0 bridgehead atoms. The summed E-state index contributed by atoms with van der Waals surface area (Å²) in [5.74, 6) is -1.54. The molecular formula is C34H50N2O8. The van der Waals surface area contributed by atoms with Crippen LogP contribution in [0.3, 0.4) is 0 Å². The van der Waals surface area contributed by atoms with Gasteiger partial charge in [-0.1, -0.05) is 25.0 Å². The predicted octanol–water partition coefficient (Wildman–Crippen LogP) is 1.98. The molecule has 4 N–H and O–H groups in total. The number of hydrogen-bond donors (Lipinski definition) is 4. The molecule has 5 fully saturated rings. The first-order valence-corrected chi connectivity index (χ1v) is 16.8. The third-order valence-corrected chi connectivity index (χ3v) is 13.2. The number of aliphatic hydroxyl groups is 4. The van der Waals surface area contributed by atoms with Crippen LogP contribution in [-0.2, 0) is 19.1 Å². The van der Waals surface area contributed by atoms with E-state index in [0.29, 0.717) is 39.0 Å². The number of ether oxygens (including phenoxy) is 2. The zero-order valence-electron chi connectivity index (χ0n) is 26.8. The third kappa shape index (κ3) is 4.00. The highest BCUT2D eigenvalue weighted by Crippen LogP contribution is 2.59. The van der Waals surface area contributed by atoms with Gasteiger partial charge in [0.15, 0.2) is 12.2 Å². The van der Waals surface area contributed by atoms with Crippen molar-refractivity contribution in [2.75, 3.05) is 39.3 Å². The van der Waals surface area contributed by atoms with Gasteiger partial charge in [0.05, 0.1) is 0 Å². The summed E-state index contributed by atoms with van der Waals surface area (Å²) in [5.41, 5.74) is -3.49. The number of carbonyl (C=O) groups excluding carboxylic acids is 2. The Morgan fingerprint density at radius 1 is 0.636 bits per heavy atom. The Bertz CT molecular complexity index is 1240.